The third-order valence-corrected chi connectivity index (χ3v) is 1.89. The minimum atomic E-state index is -1.44. The molecule has 0 aromatic heterocycles. The lowest BCUT2D eigenvalue weighted by Gasteiger charge is -2.29. The molecular weight excluding hydrogens is 238 g/mol. The van der Waals surface area contributed by atoms with Gasteiger partial charge < -0.3 is 19.9 Å². The molecule has 0 bridgehead atoms. The second-order valence-corrected chi connectivity index (χ2v) is 5.48. The van der Waals surface area contributed by atoms with E-state index in [1.807, 2.05) is 0 Å². The smallest absolute Gasteiger partial charge is 0.408 e. The van der Waals surface area contributed by atoms with Gasteiger partial charge >= 0.3 is 12.1 Å². The first-order chi connectivity index (χ1) is 7.97. The molecule has 0 aliphatic rings. The van der Waals surface area contributed by atoms with Crippen molar-refractivity contribution in [3.63, 3.8) is 0 Å². The van der Waals surface area contributed by atoms with Crippen LogP contribution >= 0.6 is 0 Å². The zero-order valence-electron chi connectivity index (χ0n) is 11.9. The maximum Gasteiger partial charge on any atom is 0.408 e. The third-order valence-electron chi connectivity index (χ3n) is 1.89. The summed E-state index contributed by atoms with van der Waals surface area (Å²) in [4.78, 5) is 23.2. The van der Waals surface area contributed by atoms with Crippen molar-refractivity contribution in [1.82, 2.24) is 5.32 Å². The van der Waals surface area contributed by atoms with Crippen LogP contribution in [0.1, 0.15) is 41.5 Å². The molecule has 0 rings (SSSR count). The van der Waals surface area contributed by atoms with Gasteiger partial charge in [0, 0.05) is 0 Å². The van der Waals surface area contributed by atoms with Crippen LogP contribution in [-0.2, 0) is 14.3 Å². The minimum absolute atomic E-state index is 0.168. The Morgan fingerprint density at radius 1 is 1.22 bits per heavy atom. The number of amides is 1. The largest absolute Gasteiger partial charge is 0.464 e. The van der Waals surface area contributed by atoms with Crippen molar-refractivity contribution < 1.29 is 24.2 Å². The molecule has 6 nitrogen and oxygen atoms in total. The van der Waals surface area contributed by atoms with Crippen LogP contribution in [0.4, 0.5) is 4.79 Å². The van der Waals surface area contributed by atoms with Gasteiger partial charge in [0.05, 0.1) is 12.2 Å². The van der Waals surface area contributed by atoms with Crippen molar-refractivity contribution in [2.75, 3.05) is 6.61 Å². The molecule has 0 saturated heterocycles. The van der Waals surface area contributed by atoms with E-state index in [0.29, 0.717) is 0 Å². The fourth-order valence-electron chi connectivity index (χ4n) is 1.17. The van der Waals surface area contributed by atoms with Crippen LogP contribution in [0.2, 0.25) is 0 Å². The van der Waals surface area contributed by atoms with E-state index in [2.05, 4.69) is 5.32 Å². The first-order valence-electron chi connectivity index (χ1n) is 5.86. The summed E-state index contributed by atoms with van der Waals surface area (Å²) in [6.45, 7) is 9.74. The zero-order chi connectivity index (χ0) is 14.6. The normalized spacial score (nSPS) is 13.7. The lowest BCUT2D eigenvalue weighted by Crippen LogP contribution is -2.55. The van der Waals surface area contributed by atoms with E-state index in [9.17, 15) is 14.7 Å². The Balaban J connectivity index is 4.72. The van der Waals surface area contributed by atoms with Crippen molar-refractivity contribution in [3.05, 3.63) is 0 Å². The molecule has 0 aliphatic carbocycles. The fourth-order valence-corrected chi connectivity index (χ4v) is 1.17. The van der Waals surface area contributed by atoms with Crippen molar-refractivity contribution in [3.8, 4) is 0 Å². The van der Waals surface area contributed by atoms with Crippen LogP contribution in [0.25, 0.3) is 0 Å². The molecule has 0 aliphatic heterocycles. The summed E-state index contributed by atoms with van der Waals surface area (Å²) in [5.74, 6) is -0.698. The molecule has 0 aromatic carbocycles. The number of carbonyl (C=O) groups is 2. The van der Waals surface area contributed by atoms with E-state index in [0.717, 1.165) is 0 Å². The van der Waals surface area contributed by atoms with Crippen LogP contribution in [0.15, 0.2) is 0 Å². The molecule has 2 N–H and O–H groups in total. The molecule has 18 heavy (non-hydrogen) atoms. The number of rotatable bonds is 4. The quantitative estimate of drug-likeness (QED) is 0.743. The van der Waals surface area contributed by atoms with Gasteiger partial charge in [0.1, 0.15) is 5.60 Å². The maximum absolute atomic E-state index is 11.6. The zero-order valence-corrected chi connectivity index (χ0v) is 11.9. The predicted molar refractivity (Wildman–Crippen MR) is 66.1 cm³/mol. The number of esters is 1. The number of hydrogen-bond donors (Lipinski definition) is 2. The number of ether oxygens (including phenoxy) is 2. The highest BCUT2D eigenvalue weighted by Crippen LogP contribution is 2.12. The molecule has 0 heterocycles. The summed E-state index contributed by atoms with van der Waals surface area (Å²) in [6.07, 6.45) is -0.775. The highest BCUT2D eigenvalue weighted by Gasteiger charge is 2.37. The van der Waals surface area contributed by atoms with Crippen molar-refractivity contribution in [2.45, 2.75) is 58.8 Å². The highest BCUT2D eigenvalue weighted by atomic mass is 16.6. The van der Waals surface area contributed by atoms with Crippen LogP contribution in [0.3, 0.4) is 0 Å². The molecule has 1 amide bonds. The van der Waals surface area contributed by atoms with Gasteiger partial charge in [-0.15, -0.1) is 0 Å². The first-order valence-corrected chi connectivity index (χ1v) is 5.86. The molecule has 6 heteroatoms. The van der Waals surface area contributed by atoms with E-state index < -0.39 is 29.3 Å². The average Bonchev–Trinajstić information content (AvgIpc) is 2.09. The first kappa shape index (κ1) is 16.7. The second kappa shape index (κ2) is 6.04. The third kappa shape index (κ3) is 6.44. The van der Waals surface area contributed by atoms with Crippen molar-refractivity contribution in [2.24, 2.45) is 0 Å². The topological polar surface area (TPSA) is 84.9 Å². The Hall–Kier alpha value is -1.30. The number of nitrogens with one attached hydrogen (secondary N) is 1. The van der Waals surface area contributed by atoms with E-state index in [-0.39, 0.29) is 6.61 Å². The lowest BCUT2D eigenvalue weighted by molar-refractivity contribution is -0.151. The molecule has 1 atom stereocenters. The molecule has 0 fully saturated rings. The number of alkyl carbamates (subject to hydrolysis) is 1. The number of carbonyl (C=O) groups excluding carboxylic acids is 2. The standard InChI is InChI=1S/C12H23NO5/c1-7-17-9(14)8(12(5,6)16)13-10(15)18-11(2,3)4/h8,16H,7H2,1-6H3,(H,13,15)/t8-/m1/s1. The summed E-state index contributed by atoms with van der Waals surface area (Å²) in [5.41, 5.74) is -2.12. The Kier molecular flexibility index (Phi) is 5.60. The van der Waals surface area contributed by atoms with Crippen LogP contribution in [0.5, 0.6) is 0 Å². The Bertz CT molecular complexity index is 301. The lowest BCUT2D eigenvalue weighted by atomic mass is 9.99. The van der Waals surface area contributed by atoms with Gasteiger partial charge in [0.15, 0.2) is 6.04 Å². The van der Waals surface area contributed by atoms with Gasteiger partial charge in [0.2, 0.25) is 0 Å². The Morgan fingerprint density at radius 3 is 2.06 bits per heavy atom. The predicted octanol–water partition coefficient (Wildman–Crippen LogP) is 1.21. The molecule has 0 spiro atoms. The highest BCUT2D eigenvalue weighted by molar-refractivity contribution is 5.82. The van der Waals surface area contributed by atoms with E-state index in [1.54, 1.807) is 27.7 Å². The van der Waals surface area contributed by atoms with Crippen LogP contribution in [-0.4, -0.2) is 41.0 Å². The average molecular weight is 261 g/mol. The SMILES string of the molecule is CCOC(=O)[C@@H](NC(=O)OC(C)(C)C)C(C)(C)O. The molecule has 106 valence electrons. The number of aliphatic hydroxyl groups is 1. The van der Waals surface area contributed by atoms with Crippen LogP contribution < -0.4 is 5.32 Å². The van der Waals surface area contributed by atoms with E-state index in [1.165, 1.54) is 13.8 Å². The molecule has 0 unspecified atom stereocenters. The van der Waals surface area contributed by atoms with Gasteiger partial charge in [-0.2, -0.15) is 0 Å². The van der Waals surface area contributed by atoms with Gasteiger partial charge in [-0.25, -0.2) is 9.59 Å². The fraction of sp³-hybridized carbons (Fsp3) is 0.833. The van der Waals surface area contributed by atoms with Gasteiger partial charge in [0.25, 0.3) is 0 Å². The molecule has 0 saturated carbocycles. The minimum Gasteiger partial charge on any atom is -0.464 e. The summed E-state index contributed by atoms with van der Waals surface area (Å²) in [6, 6.07) is -1.17. The summed E-state index contributed by atoms with van der Waals surface area (Å²) in [5, 5.41) is 12.2. The van der Waals surface area contributed by atoms with Crippen LogP contribution in [0, 0.1) is 0 Å². The van der Waals surface area contributed by atoms with Gasteiger partial charge in [-0.1, -0.05) is 0 Å². The Morgan fingerprint density at radius 2 is 1.72 bits per heavy atom. The van der Waals surface area contributed by atoms with E-state index in [4.69, 9.17) is 9.47 Å². The summed E-state index contributed by atoms with van der Waals surface area (Å²) < 4.78 is 9.82. The van der Waals surface area contributed by atoms with Crippen molar-refractivity contribution in [1.29, 1.82) is 0 Å². The molecule has 0 radical (unpaired) electrons. The maximum atomic E-state index is 11.6. The molecule has 0 aromatic rings. The number of hydrogen-bond acceptors (Lipinski definition) is 5. The Labute approximate surface area is 108 Å². The van der Waals surface area contributed by atoms with Crippen molar-refractivity contribution >= 4 is 12.1 Å². The molecular formula is C12H23NO5. The monoisotopic (exact) mass is 261 g/mol. The van der Waals surface area contributed by atoms with Gasteiger partial charge in [-0.3, -0.25) is 0 Å². The summed E-state index contributed by atoms with van der Waals surface area (Å²) >= 11 is 0. The second-order valence-electron chi connectivity index (χ2n) is 5.48. The summed E-state index contributed by atoms with van der Waals surface area (Å²) in [7, 11) is 0. The van der Waals surface area contributed by atoms with E-state index >= 15 is 0 Å². The van der Waals surface area contributed by atoms with Gasteiger partial charge in [-0.05, 0) is 41.5 Å².